The highest BCUT2D eigenvalue weighted by molar-refractivity contribution is 6.00. The van der Waals surface area contributed by atoms with Crippen molar-refractivity contribution >= 4 is 11.8 Å². The van der Waals surface area contributed by atoms with E-state index < -0.39 is 5.79 Å². The predicted octanol–water partition coefficient (Wildman–Crippen LogP) is 4.60. The molecule has 7 rings (SSSR count). The van der Waals surface area contributed by atoms with Crippen molar-refractivity contribution in [3.8, 4) is 11.5 Å². The van der Waals surface area contributed by atoms with E-state index in [4.69, 9.17) is 9.47 Å². The lowest BCUT2D eigenvalue weighted by molar-refractivity contribution is -0.212. The number of fused-ring (bicyclic) bond motifs is 5. The zero-order valence-electron chi connectivity index (χ0n) is 24.3. The van der Waals surface area contributed by atoms with Crippen LogP contribution in [-0.4, -0.2) is 66.2 Å². The largest absolute Gasteiger partial charge is 0.448 e. The minimum atomic E-state index is -0.720. The SMILES string of the molecule is Cc1c2c(c(C)c3c1OC(C)(C14CCC(N(C)C)(CC1)CC4)O3)C(=O)N(CC1C(=O)NC(C)CC1C)CC2. The number of benzene rings is 1. The molecule has 4 unspecified atom stereocenters. The number of nitrogens with one attached hydrogen (secondary N) is 1. The van der Waals surface area contributed by atoms with E-state index in [1.54, 1.807) is 0 Å². The van der Waals surface area contributed by atoms with Crippen LogP contribution in [0.5, 0.6) is 11.5 Å². The molecular weight excluding hydrogens is 478 g/mol. The van der Waals surface area contributed by atoms with Crippen LogP contribution in [-0.2, 0) is 11.2 Å². The van der Waals surface area contributed by atoms with Crippen LogP contribution in [0.3, 0.4) is 0 Å². The first-order valence-corrected chi connectivity index (χ1v) is 14.7. The molecule has 2 bridgehead atoms. The minimum Gasteiger partial charge on any atom is -0.448 e. The minimum absolute atomic E-state index is 0.0131. The number of carbonyl (C=O) groups excluding carboxylic acids is 2. The Bertz CT molecular complexity index is 1170. The molecule has 38 heavy (non-hydrogen) atoms. The molecule has 0 spiro atoms. The molecule has 2 amide bonds. The van der Waals surface area contributed by atoms with Crippen LogP contribution in [0.4, 0.5) is 0 Å². The predicted molar refractivity (Wildman–Crippen MR) is 147 cm³/mol. The number of carbonyl (C=O) groups is 2. The smallest absolute Gasteiger partial charge is 0.254 e. The van der Waals surface area contributed by atoms with Crippen LogP contribution in [0.15, 0.2) is 0 Å². The van der Waals surface area contributed by atoms with E-state index in [2.05, 4.69) is 45.1 Å². The summed E-state index contributed by atoms with van der Waals surface area (Å²) in [5.74, 6) is 1.05. The zero-order valence-corrected chi connectivity index (χ0v) is 24.3. The van der Waals surface area contributed by atoms with Crippen LogP contribution in [0.1, 0.15) is 92.8 Å². The van der Waals surface area contributed by atoms with Crippen LogP contribution < -0.4 is 14.8 Å². The third-order valence-corrected chi connectivity index (χ3v) is 11.4. The van der Waals surface area contributed by atoms with Gasteiger partial charge in [0.05, 0.1) is 5.92 Å². The number of hydrogen-bond donors (Lipinski definition) is 1. The van der Waals surface area contributed by atoms with E-state index in [9.17, 15) is 9.59 Å². The molecule has 3 aliphatic carbocycles. The lowest BCUT2D eigenvalue weighted by Crippen LogP contribution is -2.62. The Balaban J connectivity index is 1.28. The molecule has 3 aliphatic heterocycles. The second-order valence-corrected chi connectivity index (χ2v) is 13.5. The van der Waals surface area contributed by atoms with Gasteiger partial charge in [-0.1, -0.05) is 6.92 Å². The Morgan fingerprint density at radius 1 is 0.974 bits per heavy atom. The summed E-state index contributed by atoms with van der Waals surface area (Å²) in [6.45, 7) is 11.5. The Morgan fingerprint density at radius 3 is 2.16 bits per heavy atom. The van der Waals surface area contributed by atoms with Crippen molar-refractivity contribution in [3.05, 3.63) is 22.3 Å². The summed E-state index contributed by atoms with van der Waals surface area (Å²) in [5, 5.41) is 3.08. The van der Waals surface area contributed by atoms with E-state index in [-0.39, 0.29) is 35.1 Å². The Hall–Kier alpha value is -2.28. The van der Waals surface area contributed by atoms with Gasteiger partial charge in [-0.25, -0.2) is 0 Å². The molecule has 208 valence electrons. The van der Waals surface area contributed by atoms with Crippen LogP contribution in [0.2, 0.25) is 0 Å². The second kappa shape index (κ2) is 8.61. The third-order valence-electron chi connectivity index (χ3n) is 11.4. The molecule has 1 saturated heterocycles. The van der Waals surface area contributed by atoms with E-state index >= 15 is 0 Å². The Labute approximate surface area is 227 Å². The first kappa shape index (κ1) is 26.0. The quantitative estimate of drug-likeness (QED) is 0.624. The molecule has 7 nitrogen and oxygen atoms in total. The number of hydrogen-bond acceptors (Lipinski definition) is 5. The van der Waals surface area contributed by atoms with Crippen molar-refractivity contribution in [1.82, 2.24) is 15.1 Å². The highest BCUT2D eigenvalue weighted by atomic mass is 16.7. The zero-order chi connectivity index (χ0) is 27.2. The highest BCUT2D eigenvalue weighted by Gasteiger charge is 2.62. The lowest BCUT2D eigenvalue weighted by atomic mass is 9.54. The Morgan fingerprint density at radius 2 is 1.58 bits per heavy atom. The first-order valence-electron chi connectivity index (χ1n) is 14.7. The normalized spacial score (nSPS) is 38.0. The van der Waals surface area contributed by atoms with Crippen LogP contribution >= 0.6 is 0 Å². The summed E-state index contributed by atoms with van der Waals surface area (Å²) >= 11 is 0. The monoisotopic (exact) mass is 523 g/mol. The fraction of sp³-hybridized carbons (Fsp3) is 0.742. The lowest BCUT2D eigenvalue weighted by Gasteiger charge is -2.59. The molecule has 1 aromatic carbocycles. The Kier molecular flexibility index (Phi) is 5.88. The number of rotatable bonds is 4. The van der Waals surface area contributed by atoms with Gasteiger partial charge in [0.15, 0.2) is 11.5 Å². The van der Waals surface area contributed by atoms with E-state index in [1.165, 1.54) is 19.3 Å². The molecule has 4 atom stereocenters. The molecular formula is C31H45N3O4. The average molecular weight is 524 g/mol. The van der Waals surface area contributed by atoms with Gasteiger partial charge in [-0.15, -0.1) is 0 Å². The van der Waals surface area contributed by atoms with Crippen molar-refractivity contribution in [2.75, 3.05) is 27.2 Å². The van der Waals surface area contributed by atoms with Gasteiger partial charge in [0.2, 0.25) is 5.91 Å². The molecule has 6 aliphatic rings. The molecule has 1 N–H and O–H groups in total. The number of nitrogens with zero attached hydrogens (tertiary/aromatic N) is 2. The molecule has 4 fully saturated rings. The topological polar surface area (TPSA) is 71.1 Å². The van der Waals surface area contributed by atoms with Crippen LogP contribution in [0.25, 0.3) is 0 Å². The third kappa shape index (κ3) is 3.56. The summed E-state index contributed by atoms with van der Waals surface area (Å²) in [6, 6.07) is 0.192. The summed E-state index contributed by atoms with van der Waals surface area (Å²) in [4.78, 5) is 31.0. The summed E-state index contributed by atoms with van der Waals surface area (Å²) in [7, 11) is 4.44. The second-order valence-electron chi connectivity index (χ2n) is 13.5. The molecule has 7 heteroatoms. The standard InChI is InChI=1S/C31H45N3O4/c1-18-16-19(2)32-27(35)23(18)17-34-15-8-22-20(3)25-26(21(4)24(22)28(34)36)38-29(5,37-25)30-9-12-31(13-10-30,14-11-30)33(6)7/h18-19,23H,8-17H2,1-7H3,(H,32,35). The van der Waals surface area contributed by atoms with Gasteiger partial charge in [-0.05, 0) is 103 Å². The molecule has 1 aromatic rings. The summed E-state index contributed by atoms with van der Waals surface area (Å²) in [5.41, 5.74) is 4.08. The maximum atomic E-state index is 13.9. The van der Waals surface area contributed by atoms with Gasteiger partial charge in [0.1, 0.15) is 0 Å². The first-order chi connectivity index (χ1) is 17.9. The highest BCUT2D eigenvalue weighted by Crippen LogP contribution is 2.63. The fourth-order valence-electron chi connectivity index (χ4n) is 8.57. The average Bonchev–Trinajstić information content (AvgIpc) is 3.26. The van der Waals surface area contributed by atoms with Gasteiger partial charge in [0, 0.05) is 48.1 Å². The number of ether oxygens (including phenoxy) is 2. The van der Waals surface area contributed by atoms with Crippen LogP contribution in [0, 0.1) is 31.1 Å². The van der Waals surface area contributed by atoms with Gasteiger partial charge < -0.3 is 24.6 Å². The molecule has 3 saturated carbocycles. The summed E-state index contributed by atoms with van der Waals surface area (Å²) < 4.78 is 13.7. The van der Waals surface area contributed by atoms with Crippen molar-refractivity contribution in [2.45, 2.75) is 103 Å². The number of piperidine rings is 1. The van der Waals surface area contributed by atoms with E-state index in [1.807, 2.05) is 18.7 Å². The van der Waals surface area contributed by atoms with Gasteiger partial charge in [-0.3, -0.25) is 9.59 Å². The van der Waals surface area contributed by atoms with E-state index in [0.29, 0.717) is 18.6 Å². The molecule has 3 heterocycles. The van der Waals surface area contributed by atoms with Gasteiger partial charge in [0.25, 0.3) is 11.7 Å². The van der Waals surface area contributed by atoms with Crippen molar-refractivity contribution < 1.29 is 19.1 Å². The van der Waals surface area contributed by atoms with Gasteiger partial charge >= 0.3 is 0 Å². The van der Waals surface area contributed by atoms with Crippen molar-refractivity contribution in [2.24, 2.45) is 17.3 Å². The maximum absolute atomic E-state index is 13.9. The summed E-state index contributed by atoms with van der Waals surface area (Å²) in [6.07, 6.45) is 8.53. The van der Waals surface area contributed by atoms with Crippen molar-refractivity contribution in [1.29, 1.82) is 0 Å². The molecule has 0 radical (unpaired) electrons. The van der Waals surface area contributed by atoms with Crippen molar-refractivity contribution in [3.63, 3.8) is 0 Å². The number of amides is 2. The fourth-order valence-corrected chi connectivity index (χ4v) is 8.57. The van der Waals surface area contributed by atoms with E-state index in [0.717, 1.165) is 65.9 Å². The van der Waals surface area contributed by atoms with Gasteiger partial charge in [-0.2, -0.15) is 0 Å². The molecule has 0 aromatic heterocycles. The maximum Gasteiger partial charge on any atom is 0.254 e.